The van der Waals surface area contributed by atoms with Crippen molar-refractivity contribution in [1.29, 1.82) is 0 Å². The number of carbonyl (C=O) groups is 1. The largest absolute Gasteiger partial charge is 0.480 e. The molecule has 4 heterocycles. The van der Waals surface area contributed by atoms with E-state index in [2.05, 4.69) is 15.0 Å². The lowest BCUT2D eigenvalue weighted by Gasteiger charge is -2.30. The Bertz CT molecular complexity index is 733. The lowest BCUT2D eigenvalue weighted by atomic mass is 10.1. The highest BCUT2D eigenvalue weighted by Gasteiger charge is 2.34. The fraction of sp³-hybridized carbons (Fsp3) is 0.562. The van der Waals surface area contributed by atoms with E-state index < -0.39 is 5.97 Å². The Kier molecular flexibility index (Phi) is 4.17. The highest BCUT2D eigenvalue weighted by atomic mass is 16.5. The summed E-state index contributed by atoms with van der Waals surface area (Å²) in [6.07, 6.45) is 5.54. The van der Waals surface area contributed by atoms with E-state index in [9.17, 15) is 4.79 Å². The van der Waals surface area contributed by atoms with Gasteiger partial charge in [0.2, 0.25) is 0 Å². The minimum atomic E-state index is -0.777. The summed E-state index contributed by atoms with van der Waals surface area (Å²) >= 11 is 0. The second kappa shape index (κ2) is 6.46. The van der Waals surface area contributed by atoms with Gasteiger partial charge in [0.15, 0.2) is 5.65 Å². The van der Waals surface area contributed by atoms with Crippen LogP contribution in [0.3, 0.4) is 0 Å². The van der Waals surface area contributed by atoms with Crippen molar-refractivity contribution >= 4 is 11.6 Å². The number of aliphatic carboxylic acids is 1. The standard InChI is InChI=1S/C16H21N5O3/c22-15(23)9-20-6-12-5-19(8-14(20)11-24-10-12)7-13-4-18-21-3-1-2-17-16(13)21/h1-4,12,14H,5-11H2,(H,22,23)/t12-,14-/m0/s1. The van der Waals surface area contributed by atoms with Crippen LogP contribution in [0.5, 0.6) is 0 Å². The van der Waals surface area contributed by atoms with E-state index in [1.165, 1.54) is 0 Å². The van der Waals surface area contributed by atoms with E-state index in [1.54, 1.807) is 10.7 Å². The smallest absolute Gasteiger partial charge is 0.317 e. The van der Waals surface area contributed by atoms with Crippen molar-refractivity contribution < 1.29 is 14.6 Å². The topological polar surface area (TPSA) is 83.2 Å². The number of hydrogen-bond donors (Lipinski definition) is 1. The molecule has 0 unspecified atom stereocenters. The molecule has 0 saturated carbocycles. The van der Waals surface area contributed by atoms with E-state index in [4.69, 9.17) is 9.84 Å². The molecular weight excluding hydrogens is 310 g/mol. The van der Waals surface area contributed by atoms with Gasteiger partial charge in [0.25, 0.3) is 0 Å². The molecular formula is C16H21N5O3. The first-order chi connectivity index (χ1) is 11.7. The van der Waals surface area contributed by atoms with Gasteiger partial charge in [-0.15, -0.1) is 0 Å². The van der Waals surface area contributed by atoms with Gasteiger partial charge in [0.05, 0.1) is 26.0 Å². The predicted molar refractivity (Wildman–Crippen MR) is 85.6 cm³/mol. The van der Waals surface area contributed by atoms with Crippen molar-refractivity contribution in [3.05, 3.63) is 30.2 Å². The second-order valence-corrected chi connectivity index (χ2v) is 6.63. The minimum Gasteiger partial charge on any atom is -0.480 e. The zero-order valence-electron chi connectivity index (χ0n) is 13.4. The molecule has 2 aliphatic heterocycles. The number of fused-ring (bicyclic) bond motifs is 4. The molecule has 24 heavy (non-hydrogen) atoms. The maximum absolute atomic E-state index is 11.1. The van der Waals surface area contributed by atoms with Gasteiger partial charge in [-0.05, 0) is 6.07 Å². The van der Waals surface area contributed by atoms with Gasteiger partial charge in [0.1, 0.15) is 0 Å². The van der Waals surface area contributed by atoms with Crippen LogP contribution in [-0.4, -0.2) is 80.9 Å². The Balaban J connectivity index is 1.53. The fourth-order valence-corrected chi connectivity index (χ4v) is 3.75. The van der Waals surface area contributed by atoms with E-state index in [1.807, 2.05) is 23.4 Å². The Hall–Kier alpha value is -2.03. The third-order valence-corrected chi connectivity index (χ3v) is 4.74. The molecule has 2 aromatic heterocycles. The van der Waals surface area contributed by atoms with Crippen LogP contribution < -0.4 is 0 Å². The van der Waals surface area contributed by atoms with Crippen molar-refractivity contribution in [3.8, 4) is 0 Å². The number of aromatic nitrogens is 3. The molecule has 0 amide bonds. The maximum atomic E-state index is 11.1. The average molecular weight is 331 g/mol. The summed E-state index contributed by atoms with van der Waals surface area (Å²) in [6, 6.07) is 1.98. The molecule has 2 aromatic rings. The highest BCUT2D eigenvalue weighted by molar-refractivity contribution is 5.69. The molecule has 0 radical (unpaired) electrons. The molecule has 1 N–H and O–H groups in total. The van der Waals surface area contributed by atoms with Gasteiger partial charge in [-0.1, -0.05) is 0 Å². The first-order valence-electron chi connectivity index (χ1n) is 8.22. The Morgan fingerprint density at radius 2 is 2.25 bits per heavy atom. The van der Waals surface area contributed by atoms with Gasteiger partial charge in [0, 0.05) is 56.1 Å². The molecule has 8 heteroatoms. The van der Waals surface area contributed by atoms with Crippen LogP contribution in [0, 0.1) is 5.92 Å². The average Bonchev–Trinajstić information content (AvgIpc) is 2.75. The number of nitrogens with zero attached hydrogens (tertiary/aromatic N) is 5. The van der Waals surface area contributed by atoms with Crippen LogP contribution in [0.2, 0.25) is 0 Å². The molecule has 0 spiro atoms. The van der Waals surface area contributed by atoms with Crippen LogP contribution in [0.15, 0.2) is 24.7 Å². The summed E-state index contributed by atoms with van der Waals surface area (Å²) < 4.78 is 7.52. The normalized spacial score (nSPS) is 25.7. The first kappa shape index (κ1) is 15.5. The lowest BCUT2D eigenvalue weighted by molar-refractivity contribution is -0.139. The van der Waals surface area contributed by atoms with Crippen molar-refractivity contribution in [2.75, 3.05) is 39.4 Å². The Labute approximate surface area is 139 Å². The second-order valence-electron chi connectivity index (χ2n) is 6.63. The zero-order valence-corrected chi connectivity index (χ0v) is 13.4. The van der Waals surface area contributed by atoms with Crippen LogP contribution in [0.25, 0.3) is 5.65 Å². The SMILES string of the molecule is O=C(O)CN1C[C@H]2COC[C@@H]1CN(Cc1cnn3cccnc13)C2. The summed E-state index contributed by atoms with van der Waals surface area (Å²) in [5.74, 6) is -0.451. The summed E-state index contributed by atoms with van der Waals surface area (Å²) in [4.78, 5) is 20.0. The summed E-state index contributed by atoms with van der Waals surface area (Å²) in [6.45, 7) is 4.61. The number of rotatable bonds is 4. The number of carboxylic acid groups (broad SMARTS) is 1. The number of ether oxygens (including phenoxy) is 1. The quantitative estimate of drug-likeness (QED) is 0.841. The molecule has 2 saturated heterocycles. The molecule has 8 nitrogen and oxygen atoms in total. The predicted octanol–water partition coefficient (Wildman–Crippen LogP) is -0.0535. The molecule has 2 bridgehead atoms. The Morgan fingerprint density at radius 3 is 3.12 bits per heavy atom. The summed E-state index contributed by atoms with van der Waals surface area (Å²) in [7, 11) is 0. The van der Waals surface area contributed by atoms with Gasteiger partial charge in [-0.2, -0.15) is 5.10 Å². The molecule has 0 aromatic carbocycles. The lowest BCUT2D eigenvalue weighted by Crippen LogP contribution is -2.45. The van der Waals surface area contributed by atoms with Crippen LogP contribution in [0.4, 0.5) is 0 Å². The molecule has 4 rings (SSSR count). The third-order valence-electron chi connectivity index (χ3n) is 4.74. The van der Waals surface area contributed by atoms with Gasteiger partial charge < -0.3 is 9.84 Å². The van der Waals surface area contributed by atoms with Crippen LogP contribution >= 0.6 is 0 Å². The van der Waals surface area contributed by atoms with Gasteiger partial charge >= 0.3 is 5.97 Å². The van der Waals surface area contributed by atoms with Crippen LogP contribution in [0.1, 0.15) is 5.56 Å². The van der Waals surface area contributed by atoms with E-state index in [-0.39, 0.29) is 12.6 Å². The van der Waals surface area contributed by atoms with Crippen molar-refractivity contribution in [1.82, 2.24) is 24.4 Å². The number of carboxylic acids is 1. The molecule has 2 atom stereocenters. The maximum Gasteiger partial charge on any atom is 0.317 e. The number of hydrogen-bond acceptors (Lipinski definition) is 6. The molecule has 128 valence electrons. The summed E-state index contributed by atoms with van der Waals surface area (Å²) in [5.41, 5.74) is 1.98. The minimum absolute atomic E-state index is 0.0800. The Morgan fingerprint density at radius 1 is 1.33 bits per heavy atom. The highest BCUT2D eigenvalue weighted by Crippen LogP contribution is 2.21. The molecule has 0 aliphatic carbocycles. The van der Waals surface area contributed by atoms with Crippen molar-refractivity contribution in [2.24, 2.45) is 5.92 Å². The van der Waals surface area contributed by atoms with E-state index in [0.717, 1.165) is 37.4 Å². The first-order valence-corrected chi connectivity index (χ1v) is 8.22. The fourth-order valence-electron chi connectivity index (χ4n) is 3.75. The van der Waals surface area contributed by atoms with Crippen LogP contribution in [-0.2, 0) is 16.1 Å². The monoisotopic (exact) mass is 331 g/mol. The van der Waals surface area contributed by atoms with Crippen molar-refractivity contribution in [2.45, 2.75) is 12.6 Å². The third kappa shape index (κ3) is 3.12. The van der Waals surface area contributed by atoms with Gasteiger partial charge in [-0.3, -0.25) is 14.6 Å². The molecule has 2 aliphatic rings. The van der Waals surface area contributed by atoms with Crippen molar-refractivity contribution in [3.63, 3.8) is 0 Å². The summed E-state index contributed by atoms with van der Waals surface area (Å²) in [5, 5.41) is 13.5. The zero-order chi connectivity index (χ0) is 16.5. The van der Waals surface area contributed by atoms with E-state index in [0.29, 0.717) is 19.1 Å². The van der Waals surface area contributed by atoms with E-state index >= 15 is 0 Å². The van der Waals surface area contributed by atoms with Gasteiger partial charge in [-0.25, -0.2) is 9.50 Å². The molecule has 2 fully saturated rings.